The zero-order valence-electron chi connectivity index (χ0n) is 14.0. The zero-order chi connectivity index (χ0) is 17.1. The van der Waals surface area contributed by atoms with E-state index in [0.717, 1.165) is 17.6 Å². The molecule has 0 saturated carbocycles. The van der Waals surface area contributed by atoms with Crippen LogP contribution in [0.15, 0.2) is 36.5 Å². The van der Waals surface area contributed by atoms with Crippen LogP contribution in [0.25, 0.3) is 5.65 Å². The Balaban J connectivity index is 1.66. The van der Waals surface area contributed by atoms with Gasteiger partial charge in [-0.05, 0) is 49.6 Å². The van der Waals surface area contributed by atoms with Gasteiger partial charge in [-0.25, -0.2) is 9.50 Å². The maximum atomic E-state index is 12.1. The number of carbonyl (C=O) groups is 1. The third kappa shape index (κ3) is 3.53. The number of benzene rings is 1. The highest BCUT2D eigenvalue weighted by Crippen LogP contribution is 2.16. The molecule has 0 fully saturated rings. The summed E-state index contributed by atoms with van der Waals surface area (Å²) in [5.74, 6) is 1.18. The van der Waals surface area contributed by atoms with E-state index in [1.165, 1.54) is 5.56 Å². The fourth-order valence-corrected chi connectivity index (χ4v) is 2.53. The number of amides is 1. The van der Waals surface area contributed by atoms with E-state index in [4.69, 9.17) is 4.74 Å². The Morgan fingerprint density at radius 1 is 1.29 bits per heavy atom. The van der Waals surface area contributed by atoms with Crippen LogP contribution in [0.4, 0.5) is 5.69 Å². The SMILES string of the molecule is CCc1cccc(OCC(=O)Nc2cc(C)c3nc(C)nn3c2)c1. The minimum absolute atomic E-state index is 0.0410. The van der Waals surface area contributed by atoms with Crippen LogP contribution >= 0.6 is 0 Å². The zero-order valence-corrected chi connectivity index (χ0v) is 14.0. The highest BCUT2D eigenvalue weighted by Gasteiger charge is 2.08. The molecule has 6 nitrogen and oxygen atoms in total. The van der Waals surface area contributed by atoms with Crippen molar-refractivity contribution in [2.24, 2.45) is 0 Å². The first kappa shape index (κ1) is 16.0. The van der Waals surface area contributed by atoms with Crippen LogP contribution in [0.1, 0.15) is 23.9 Å². The molecule has 2 heterocycles. The van der Waals surface area contributed by atoms with Gasteiger partial charge in [0.05, 0.1) is 11.9 Å². The molecule has 1 aromatic carbocycles. The largest absolute Gasteiger partial charge is 0.484 e. The van der Waals surface area contributed by atoms with E-state index in [-0.39, 0.29) is 12.5 Å². The lowest BCUT2D eigenvalue weighted by molar-refractivity contribution is -0.118. The van der Waals surface area contributed by atoms with E-state index in [1.807, 2.05) is 44.2 Å². The van der Waals surface area contributed by atoms with Crippen LogP contribution in [0.3, 0.4) is 0 Å². The topological polar surface area (TPSA) is 68.5 Å². The summed E-state index contributed by atoms with van der Waals surface area (Å²) in [6, 6.07) is 9.63. The molecule has 3 rings (SSSR count). The maximum Gasteiger partial charge on any atom is 0.262 e. The fourth-order valence-electron chi connectivity index (χ4n) is 2.53. The minimum atomic E-state index is -0.215. The Kier molecular flexibility index (Phi) is 4.46. The molecule has 1 amide bonds. The highest BCUT2D eigenvalue weighted by atomic mass is 16.5. The number of fused-ring (bicyclic) bond motifs is 1. The van der Waals surface area contributed by atoms with Gasteiger partial charge in [-0.3, -0.25) is 4.79 Å². The van der Waals surface area contributed by atoms with Gasteiger partial charge < -0.3 is 10.1 Å². The molecule has 24 heavy (non-hydrogen) atoms. The predicted octanol–water partition coefficient (Wildman–Crippen LogP) is 2.93. The Morgan fingerprint density at radius 2 is 2.12 bits per heavy atom. The summed E-state index contributed by atoms with van der Waals surface area (Å²) in [6.45, 7) is 5.81. The summed E-state index contributed by atoms with van der Waals surface area (Å²) >= 11 is 0. The molecule has 0 unspecified atom stereocenters. The Bertz CT molecular complexity index is 886. The fraction of sp³-hybridized carbons (Fsp3) is 0.278. The van der Waals surface area contributed by atoms with Gasteiger partial charge in [0.1, 0.15) is 11.6 Å². The van der Waals surface area contributed by atoms with Crippen LogP contribution in [0.2, 0.25) is 0 Å². The summed E-state index contributed by atoms with van der Waals surface area (Å²) in [5, 5.41) is 7.11. The van der Waals surface area contributed by atoms with Crippen molar-refractivity contribution in [2.75, 3.05) is 11.9 Å². The van der Waals surface area contributed by atoms with Crippen molar-refractivity contribution in [1.29, 1.82) is 0 Å². The number of anilines is 1. The Labute approximate surface area is 140 Å². The second kappa shape index (κ2) is 6.70. The predicted molar refractivity (Wildman–Crippen MR) is 92.4 cm³/mol. The van der Waals surface area contributed by atoms with Gasteiger partial charge in [-0.2, -0.15) is 5.10 Å². The van der Waals surface area contributed by atoms with Gasteiger partial charge in [0, 0.05) is 0 Å². The molecule has 0 spiro atoms. The lowest BCUT2D eigenvalue weighted by Gasteiger charge is -2.09. The van der Waals surface area contributed by atoms with Gasteiger partial charge in [0.25, 0.3) is 5.91 Å². The number of nitrogens with zero attached hydrogens (tertiary/aromatic N) is 3. The lowest BCUT2D eigenvalue weighted by atomic mass is 10.2. The summed E-state index contributed by atoms with van der Waals surface area (Å²) < 4.78 is 7.23. The Morgan fingerprint density at radius 3 is 2.92 bits per heavy atom. The molecule has 6 heteroatoms. The third-order valence-electron chi connectivity index (χ3n) is 3.68. The molecule has 124 valence electrons. The molecule has 2 aromatic heterocycles. The van der Waals surface area contributed by atoms with Gasteiger partial charge >= 0.3 is 0 Å². The van der Waals surface area contributed by atoms with E-state index < -0.39 is 0 Å². The third-order valence-corrected chi connectivity index (χ3v) is 3.68. The number of ether oxygens (including phenoxy) is 1. The molecular weight excluding hydrogens is 304 g/mol. The van der Waals surface area contributed by atoms with Crippen LogP contribution in [-0.2, 0) is 11.2 Å². The van der Waals surface area contributed by atoms with Gasteiger partial charge in [-0.15, -0.1) is 0 Å². The van der Waals surface area contributed by atoms with Crippen molar-refractivity contribution >= 4 is 17.2 Å². The molecular formula is C18H20N4O2. The number of aromatic nitrogens is 3. The van der Waals surface area contributed by atoms with Gasteiger partial charge in [0.2, 0.25) is 0 Å². The van der Waals surface area contributed by atoms with Crippen molar-refractivity contribution in [1.82, 2.24) is 14.6 Å². The first-order valence-corrected chi connectivity index (χ1v) is 7.90. The molecule has 0 atom stereocenters. The monoisotopic (exact) mass is 324 g/mol. The van der Waals surface area contributed by atoms with Crippen molar-refractivity contribution in [3.8, 4) is 5.75 Å². The highest BCUT2D eigenvalue weighted by molar-refractivity contribution is 5.92. The number of pyridine rings is 1. The average Bonchev–Trinajstić information content (AvgIpc) is 2.94. The van der Waals surface area contributed by atoms with E-state index in [0.29, 0.717) is 17.3 Å². The number of rotatable bonds is 5. The molecule has 3 aromatic rings. The van der Waals surface area contributed by atoms with Gasteiger partial charge in [0.15, 0.2) is 12.3 Å². The van der Waals surface area contributed by atoms with Crippen molar-refractivity contribution < 1.29 is 9.53 Å². The second-order valence-electron chi connectivity index (χ2n) is 5.68. The summed E-state index contributed by atoms with van der Waals surface area (Å²) in [7, 11) is 0. The average molecular weight is 324 g/mol. The number of carbonyl (C=O) groups excluding carboxylic acids is 1. The Hall–Kier alpha value is -2.89. The van der Waals surface area contributed by atoms with Crippen LogP contribution < -0.4 is 10.1 Å². The summed E-state index contributed by atoms with van der Waals surface area (Å²) in [4.78, 5) is 16.5. The molecule has 0 aliphatic heterocycles. The number of nitrogens with one attached hydrogen (secondary N) is 1. The van der Waals surface area contributed by atoms with Crippen molar-refractivity contribution in [3.63, 3.8) is 0 Å². The quantitative estimate of drug-likeness (QED) is 0.783. The van der Waals surface area contributed by atoms with E-state index >= 15 is 0 Å². The minimum Gasteiger partial charge on any atom is -0.484 e. The van der Waals surface area contributed by atoms with Gasteiger partial charge in [-0.1, -0.05) is 19.1 Å². The standard InChI is InChI=1S/C18H20N4O2/c1-4-14-6-5-7-16(9-14)24-11-17(23)20-15-8-12(2)18-19-13(3)21-22(18)10-15/h5-10H,4,11H2,1-3H3,(H,20,23). The van der Waals surface area contributed by atoms with E-state index in [1.54, 1.807) is 10.7 Å². The smallest absolute Gasteiger partial charge is 0.262 e. The maximum absolute atomic E-state index is 12.1. The van der Waals surface area contributed by atoms with Crippen molar-refractivity contribution in [2.45, 2.75) is 27.2 Å². The number of aryl methyl sites for hydroxylation is 3. The first-order chi connectivity index (χ1) is 11.5. The van der Waals surface area contributed by atoms with Crippen LogP contribution in [0, 0.1) is 13.8 Å². The second-order valence-corrected chi connectivity index (χ2v) is 5.68. The molecule has 0 bridgehead atoms. The van der Waals surface area contributed by atoms with Crippen LogP contribution in [-0.4, -0.2) is 27.1 Å². The molecule has 0 aliphatic carbocycles. The molecule has 1 N–H and O–H groups in total. The summed E-state index contributed by atoms with van der Waals surface area (Å²) in [5.41, 5.74) is 3.58. The number of hydrogen-bond acceptors (Lipinski definition) is 4. The molecule has 0 radical (unpaired) electrons. The van der Waals surface area contributed by atoms with E-state index in [2.05, 4.69) is 22.3 Å². The lowest BCUT2D eigenvalue weighted by Crippen LogP contribution is -2.20. The first-order valence-electron chi connectivity index (χ1n) is 7.90. The van der Waals surface area contributed by atoms with E-state index in [9.17, 15) is 4.79 Å². The normalized spacial score (nSPS) is 10.8. The van der Waals surface area contributed by atoms with Crippen molar-refractivity contribution in [3.05, 3.63) is 53.5 Å². The summed E-state index contributed by atoms with van der Waals surface area (Å²) in [6.07, 6.45) is 2.68. The molecule has 0 aliphatic rings. The molecule has 0 saturated heterocycles. The number of hydrogen-bond donors (Lipinski definition) is 1. The van der Waals surface area contributed by atoms with Crippen LogP contribution in [0.5, 0.6) is 5.75 Å².